The van der Waals surface area contributed by atoms with Gasteiger partial charge in [0.25, 0.3) is 5.91 Å². The molecule has 1 aliphatic carbocycles. The van der Waals surface area contributed by atoms with Crippen molar-refractivity contribution in [3.63, 3.8) is 0 Å². The van der Waals surface area contributed by atoms with Crippen LogP contribution in [0.4, 0.5) is 4.39 Å². The van der Waals surface area contributed by atoms with Gasteiger partial charge in [-0.2, -0.15) is 0 Å². The molecule has 0 aromatic heterocycles. The van der Waals surface area contributed by atoms with Crippen LogP contribution in [-0.2, 0) is 0 Å². The molecule has 1 aromatic rings. The number of benzene rings is 1. The molecule has 1 aliphatic rings. The summed E-state index contributed by atoms with van der Waals surface area (Å²) in [4.78, 5) is 12.1. The molecular weight excluding hydrogens is 245 g/mol. The Bertz CT molecular complexity index is 465. The van der Waals surface area contributed by atoms with Gasteiger partial charge in [-0.25, -0.2) is 4.39 Å². The molecule has 4 heteroatoms. The first-order valence-electron chi connectivity index (χ1n) is 6.70. The molecule has 1 aromatic carbocycles. The molecular formula is C15H20FNO2. The molecule has 19 heavy (non-hydrogen) atoms. The van der Waals surface area contributed by atoms with Gasteiger partial charge in [0.05, 0.1) is 0 Å². The highest BCUT2D eigenvalue weighted by atomic mass is 19.1. The molecule has 0 heterocycles. The van der Waals surface area contributed by atoms with Gasteiger partial charge in [-0.15, -0.1) is 0 Å². The smallest absolute Gasteiger partial charge is 0.258 e. The minimum atomic E-state index is -0.689. The second-order valence-electron chi connectivity index (χ2n) is 5.89. The van der Waals surface area contributed by atoms with Crippen LogP contribution >= 0.6 is 0 Å². The van der Waals surface area contributed by atoms with Crippen molar-refractivity contribution in [2.75, 3.05) is 0 Å². The number of phenolic OH excluding ortho intramolecular Hbond substituents is 1. The summed E-state index contributed by atoms with van der Waals surface area (Å²) in [5, 5.41) is 12.5. The van der Waals surface area contributed by atoms with Crippen LogP contribution in [0, 0.1) is 11.2 Å². The Labute approximate surface area is 112 Å². The van der Waals surface area contributed by atoms with Gasteiger partial charge in [0, 0.05) is 6.04 Å². The molecule has 1 amide bonds. The van der Waals surface area contributed by atoms with Crippen molar-refractivity contribution in [2.24, 2.45) is 5.41 Å². The van der Waals surface area contributed by atoms with E-state index >= 15 is 0 Å². The average Bonchev–Trinajstić information content (AvgIpc) is 2.31. The van der Waals surface area contributed by atoms with Gasteiger partial charge in [-0.3, -0.25) is 4.79 Å². The summed E-state index contributed by atoms with van der Waals surface area (Å²) in [5.41, 5.74) is -0.252. The number of hydrogen-bond donors (Lipinski definition) is 2. The van der Waals surface area contributed by atoms with Crippen LogP contribution in [0.15, 0.2) is 18.2 Å². The number of halogens is 1. The maximum absolute atomic E-state index is 13.6. The number of phenols is 1. The summed E-state index contributed by atoms with van der Waals surface area (Å²) < 4.78 is 13.6. The molecule has 0 saturated heterocycles. The van der Waals surface area contributed by atoms with E-state index < -0.39 is 11.7 Å². The van der Waals surface area contributed by atoms with E-state index in [1.807, 2.05) is 0 Å². The summed E-state index contributed by atoms with van der Waals surface area (Å²) in [6, 6.07) is 3.91. The third-order valence-electron chi connectivity index (χ3n) is 4.03. The second kappa shape index (κ2) is 5.19. The zero-order valence-electron chi connectivity index (χ0n) is 11.4. The van der Waals surface area contributed by atoms with Crippen molar-refractivity contribution < 1.29 is 14.3 Å². The number of aromatic hydroxyl groups is 1. The number of nitrogens with one attached hydrogen (secondary N) is 1. The maximum Gasteiger partial charge on any atom is 0.258 e. The molecule has 0 bridgehead atoms. The molecule has 0 spiro atoms. The fourth-order valence-corrected chi connectivity index (χ4v) is 2.73. The number of hydrogen-bond acceptors (Lipinski definition) is 2. The van der Waals surface area contributed by atoms with Crippen molar-refractivity contribution in [3.8, 4) is 5.75 Å². The normalized spacial score (nSPS) is 21.9. The highest BCUT2D eigenvalue weighted by molar-refractivity contribution is 5.97. The lowest BCUT2D eigenvalue weighted by Crippen LogP contribution is -2.47. The molecule has 3 nitrogen and oxygen atoms in total. The first kappa shape index (κ1) is 13.8. The van der Waals surface area contributed by atoms with E-state index in [0.29, 0.717) is 0 Å². The molecule has 1 unspecified atom stereocenters. The van der Waals surface area contributed by atoms with Crippen molar-refractivity contribution in [3.05, 3.63) is 29.6 Å². The lowest BCUT2D eigenvalue weighted by atomic mass is 9.73. The minimum absolute atomic E-state index is 0.00872. The van der Waals surface area contributed by atoms with Gasteiger partial charge < -0.3 is 10.4 Å². The Hall–Kier alpha value is -1.58. The van der Waals surface area contributed by atoms with Gasteiger partial charge >= 0.3 is 0 Å². The van der Waals surface area contributed by atoms with E-state index in [9.17, 15) is 14.3 Å². The Kier molecular flexibility index (Phi) is 3.78. The fraction of sp³-hybridized carbons (Fsp3) is 0.533. The Morgan fingerprint density at radius 1 is 1.42 bits per heavy atom. The van der Waals surface area contributed by atoms with Crippen molar-refractivity contribution >= 4 is 5.91 Å². The van der Waals surface area contributed by atoms with Crippen LogP contribution in [-0.4, -0.2) is 17.1 Å². The number of carbonyl (C=O) groups excluding carboxylic acids is 1. The lowest BCUT2D eigenvalue weighted by Gasteiger charge is -2.39. The predicted octanol–water partition coefficient (Wildman–Crippen LogP) is 3.23. The van der Waals surface area contributed by atoms with Crippen molar-refractivity contribution in [2.45, 2.75) is 45.6 Å². The van der Waals surface area contributed by atoms with Gasteiger partial charge in [-0.05, 0) is 30.4 Å². The highest BCUT2D eigenvalue weighted by Crippen LogP contribution is 2.35. The molecule has 2 rings (SSSR count). The first-order valence-corrected chi connectivity index (χ1v) is 6.70. The van der Waals surface area contributed by atoms with E-state index in [4.69, 9.17) is 0 Å². The second-order valence-corrected chi connectivity index (χ2v) is 5.89. The zero-order chi connectivity index (χ0) is 14.0. The largest absolute Gasteiger partial charge is 0.507 e. The predicted molar refractivity (Wildman–Crippen MR) is 71.6 cm³/mol. The highest BCUT2D eigenvalue weighted by Gasteiger charge is 2.34. The molecule has 1 fully saturated rings. The maximum atomic E-state index is 13.6. The van der Waals surface area contributed by atoms with Crippen LogP contribution < -0.4 is 5.32 Å². The quantitative estimate of drug-likeness (QED) is 0.862. The zero-order valence-corrected chi connectivity index (χ0v) is 11.4. The number of amides is 1. The van der Waals surface area contributed by atoms with E-state index in [2.05, 4.69) is 19.2 Å². The number of rotatable bonds is 2. The van der Waals surface area contributed by atoms with Gasteiger partial charge in [0.1, 0.15) is 17.1 Å². The summed E-state index contributed by atoms with van der Waals surface area (Å²) in [6.45, 7) is 4.22. The monoisotopic (exact) mass is 265 g/mol. The van der Waals surface area contributed by atoms with E-state index in [0.717, 1.165) is 25.7 Å². The van der Waals surface area contributed by atoms with Gasteiger partial charge in [0.2, 0.25) is 0 Å². The Morgan fingerprint density at radius 3 is 2.79 bits per heavy atom. The van der Waals surface area contributed by atoms with Crippen LogP contribution in [0.5, 0.6) is 5.75 Å². The van der Waals surface area contributed by atoms with Crippen molar-refractivity contribution in [1.29, 1.82) is 0 Å². The SMILES string of the molecule is CC1(C)CCCCC1NC(=O)c1c(O)cccc1F. The van der Waals surface area contributed by atoms with Crippen molar-refractivity contribution in [1.82, 2.24) is 5.32 Å². The van der Waals surface area contributed by atoms with E-state index in [-0.39, 0.29) is 22.8 Å². The first-order chi connectivity index (χ1) is 8.92. The van der Waals surface area contributed by atoms with Crippen LogP contribution in [0.1, 0.15) is 49.9 Å². The molecule has 0 radical (unpaired) electrons. The summed E-state index contributed by atoms with van der Waals surface area (Å²) in [5.74, 6) is -1.53. The topological polar surface area (TPSA) is 49.3 Å². The molecule has 1 saturated carbocycles. The molecule has 1 atom stereocenters. The molecule has 0 aliphatic heterocycles. The van der Waals surface area contributed by atoms with Crippen LogP contribution in [0.2, 0.25) is 0 Å². The fourth-order valence-electron chi connectivity index (χ4n) is 2.73. The summed E-state index contributed by atoms with van der Waals surface area (Å²) in [6.07, 6.45) is 4.16. The van der Waals surface area contributed by atoms with Gasteiger partial charge in [0.15, 0.2) is 0 Å². The summed E-state index contributed by atoms with van der Waals surface area (Å²) >= 11 is 0. The molecule has 2 N–H and O–H groups in total. The molecule has 104 valence electrons. The van der Waals surface area contributed by atoms with Gasteiger partial charge in [-0.1, -0.05) is 32.8 Å². The van der Waals surface area contributed by atoms with E-state index in [1.165, 1.54) is 18.2 Å². The summed E-state index contributed by atoms with van der Waals surface area (Å²) in [7, 11) is 0. The third-order valence-corrected chi connectivity index (χ3v) is 4.03. The number of carbonyl (C=O) groups is 1. The Morgan fingerprint density at radius 2 is 2.16 bits per heavy atom. The Balaban J connectivity index is 2.17. The van der Waals surface area contributed by atoms with Crippen LogP contribution in [0.3, 0.4) is 0 Å². The van der Waals surface area contributed by atoms with Crippen LogP contribution in [0.25, 0.3) is 0 Å². The third kappa shape index (κ3) is 2.88. The lowest BCUT2D eigenvalue weighted by molar-refractivity contribution is 0.0846. The van der Waals surface area contributed by atoms with E-state index in [1.54, 1.807) is 0 Å². The minimum Gasteiger partial charge on any atom is -0.507 e. The average molecular weight is 265 g/mol. The standard InChI is InChI=1S/C15H20FNO2/c1-15(2)9-4-3-8-12(15)17-14(19)13-10(16)6-5-7-11(13)18/h5-7,12,18H,3-4,8-9H2,1-2H3,(H,17,19).